The number of carbonyl (C=O) groups excluding carboxylic acids is 2. The van der Waals surface area contributed by atoms with Gasteiger partial charge in [-0.3, -0.25) is 9.59 Å². The van der Waals surface area contributed by atoms with E-state index < -0.39 is 6.04 Å². The average molecular weight is 266 g/mol. The molecule has 0 saturated carbocycles. The maximum Gasteiger partial charge on any atom is 0.253 e. The van der Waals surface area contributed by atoms with Gasteiger partial charge in [-0.2, -0.15) is 5.21 Å². The Bertz CT molecular complexity index is 501. The summed E-state index contributed by atoms with van der Waals surface area (Å²) in [5.41, 5.74) is 0. The van der Waals surface area contributed by atoms with Crippen LogP contribution in [0.3, 0.4) is 0 Å². The summed E-state index contributed by atoms with van der Waals surface area (Å²) < 4.78 is 0. The molecule has 1 aromatic rings. The summed E-state index contributed by atoms with van der Waals surface area (Å²) in [5.74, 6) is 0.813. The molecule has 18 heavy (non-hydrogen) atoms. The van der Waals surface area contributed by atoms with Gasteiger partial charge in [0.2, 0.25) is 5.91 Å². The predicted molar refractivity (Wildman–Crippen MR) is 62.0 cm³/mol. The van der Waals surface area contributed by atoms with Gasteiger partial charge in [0.05, 0.1) is 6.42 Å². The van der Waals surface area contributed by atoms with E-state index in [1.165, 1.54) is 0 Å². The maximum atomic E-state index is 11.7. The number of thioether (sulfide) groups is 1. The number of β-lactam (4-membered cyclic amide) rings is 1. The van der Waals surface area contributed by atoms with E-state index in [-0.39, 0.29) is 23.6 Å². The number of fused-ring (bicyclic) bond motifs is 1. The summed E-state index contributed by atoms with van der Waals surface area (Å²) in [6.07, 6.45) is 3.72. The Morgan fingerprint density at radius 2 is 2.56 bits per heavy atom. The topological polar surface area (TPSA) is 104 Å². The number of amides is 2. The summed E-state index contributed by atoms with van der Waals surface area (Å²) >= 11 is 1.63. The predicted octanol–water partition coefficient (Wildman–Crippen LogP) is -1.34. The Balaban J connectivity index is 1.59. The number of aromatic nitrogens is 4. The number of nitrogens with one attached hydrogen (secondary N) is 2. The van der Waals surface area contributed by atoms with Crippen molar-refractivity contribution in [1.82, 2.24) is 30.8 Å². The van der Waals surface area contributed by atoms with E-state index >= 15 is 0 Å². The first-order chi connectivity index (χ1) is 8.75. The number of hydrogen-bond donors (Lipinski definition) is 2. The van der Waals surface area contributed by atoms with Gasteiger partial charge < -0.3 is 10.2 Å². The number of H-pyrrole nitrogens is 1. The molecule has 1 fully saturated rings. The summed E-state index contributed by atoms with van der Waals surface area (Å²) in [7, 11) is 0. The second-order valence-corrected chi connectivity index (χ2v) is 5.05. The number of aromatic amines is 1. The lowest BCUT2D eigenvalue weighted by Crippen LogP contribution is -2.68. The molecule has 1 saturated heterocycles. The van der Waals surface area contributed by atoms with Crippen LogP contribution in [0.2, 0.25) is 0 Å². The third-order valence-electron chi connectivity index (χ3n) is 2.73. The molecule has 0 aromatic carbocycles. The molecule has 1 unspecified atom stereocenters. The van der Waals surface area contributed by atoms with Crippen LogP contribution in [0, 0.1) is 0 Å². The fourth-order valence-corrected chi connectivity index (χ4v) is 3.00. The van der Waals surface area contributed by atoms with Crippen LogP contribution in [0.15, 0.2) is 12.3 Å². The third kappa shape index (κ3) is 1.86. The molecule has 2 aliphatic heterocycles. The summed E-state index contributed by atoms with van der Waals surface area (Å²) in [4.78, 5) is 25.1. The van der Waals surface area contributed by atoms with Gasteiger partial charge in [-0.25, -0.2) is 0 Å². The fourth-order valence-electron chi connectivity index (χ4n) is 1.89. The van der Waals surface area contributed by atoms with Crippen molar-refractivity contribution in [2.75, 3.05) is 5.75 Å². The molecule has 2 atom stereocenters. The molecule has 0 spiro atoms. The molecule has 2 N–H and O–H groups in total. The van der Waals surface area contributed by atoms with Crippen molar-refractivity contribution in [2.45, 2.75) is 17.8 Å². The molecule has 1 aromatic heterocycles. The Labute approximate surface area is 106 Å². The lowest BCUT2D eigenvalue weighted by molar-refractivity contribution is -0.144. The van der Waals surface area contributed by atoms with Crippen molar-refractivity contribution in [3.05, 3.63) is 18.1 Å². The number of carbonyl (C=O) groups is 2. The van der Waals surface area contributed by atoms with Crippen LogP contribution in [-0.4, -0.2) is 54.5 Å². The Morgan fingerprint density at radius 3 is 3.33 bits per heavy atom. The SMILES string of the molecule is O=C(Cc1nn[nH]n1)NC1C(=O)N2C=CCS[C@H]12. The van der Waals surface area contributed by atoms with E-state index in [1.807, 2.05) is 6.08 Å². The van der Waals surface area contributed by atoms with Gasteiger partial charge in [-0.15, -0.1) is 22.0 Å². The van der Waals surface area contributed by atoms with E-state index in [1.54, 1.807) is 22.9 Å². The van der Waals surface area contributed by atoms with Crippen molar-refractivity contribution in [3.63, 3.8) is 0 Å². The highest BCUT2D eigenvalue weighted by molar-refractivity contribution is 8.00. The van der Waals surface area contributed by atoms with E-state index in [2.05, 4.69) is 25.9 Å². The minimum Gasteiger partial charge on any atom is -0.341 e. The van der Waals surface area contributed by atoms with Gasteiger partial charge in [-0.05, 0) is 0 Å². The lowest BCUT2D eigenvalue weighted by atomic mass is 10.1. The Morgan fingerprint density at radius 1 is 1.67 bits per heavy atom. The standard InChI is InChI=1S/C9H10N6O2S/c16-6(4-5-11-13-14-12-5)10-7-8(17)15-2-1-3-18-9(7)15/h1-2,7,9H,3-4H2,(H,10,16)(H,11,12,13,14)/t7?,9-/m1/s1. The largest absolute Gasteiger partial charge is 0.341 e. The number of tetrazole rings is 1. The lowest BCUT2D eigenvalue weighted by Gasteiger charge is -2.46. The number of nitrogens with zero attached hydrogens (tertiary/aromatic N) is 4. The summed E-state index contributed by atoms with van der Waals surface area (Å²) in [6.45, 7) is 0. The van der Waals surface area contributed by atoms with E-state index in [0.29, 0.717) is 5.82 Å². The quantitative estimate of drug-likeness (QED) is 0.656. The first-order valence-corrected chi connectivity index (χ1v) is 6.43. The zero-order chi connectivity index (χ0) is 12.5. The van der Waals surface area contributed by atoms with Gasteiger partial charge in [-0.1, -0.05) is 11.3 Å². The van der Waals surface area contributed by atoms with Crippen molar-refractivity contribution in [2.24, 2.45) is 0 Å². The molecular formula is C9H10N6O2S. The minimum absolute atomic E-state index is 0.0109. The van der Waals surface area contributed by atoms with Gasteiger partial charge in [0.1, 0.15) is 11.4 Å². The summed E-state index contributed by atoms with van der Waals surface area (Å²) in [6, 6.07) is -0.445. The molecule has 94 valence electrons. The zero-order valence-electron chi connectivity index (χ0n) is 9.24. The monoisotopic (exact) mass is 266 g/mol. The zero-order valence-corrected chi connectivity index (χ0v) is 10.1. The van der Waals surface area contributed by atoms with Crippen LogP contribution < -0.4 is 5.32 Å². The van der Waals surface area contributed by atoms with Crippen molar-refractivity contribution < 1.29 is 9.59 Å². The Hall–Kier alpha value is -1.90. The third-order valence-corrected chi connectivity index (χ3v) is 3.96. The van der Waals surface area contributed by atoms with Crippen LogP contribution in [0.25, 0.3) is 0 Å². The van der Waals surface area contributed by atoms with Crippen LogP contribution >= 0.6 is 11.8 Å². The van der Waals surface area contributed by atoms with Gasteiger partial charge in [0, 0.05) is 12.0 Å². The molecule has 2 aliphatic rings. The van der Waals surface area contributed by atoms with Gasteiger partial charge in [0.25, 0.3) is 5.91 Å². The molecular weight excluding hydrogens is 256 g/mol. The molecule has 2 amide bonds. The molecule has 0 aliphatic carbocycles. The van der Waals surface area contributed by atoms with E-state index in [4.69, 9.17) is 0 Å². The first-order valence-electron chi connectivity index (χ1n) is 5.38. The Kier molecular flexibility index (Phi) is 2.74. The van der Waals surface area contributed by atoms with Crippen LogP contribution in [0.5, 0.6) is 0 Å². The van der Waals surface area contributed by atoms with Crippen LogP contribution in [0.4, 0.5) is 0 Å². The molecule has 3 rings (SSSR count). The second kappa shape index (κ2) is 4.41. The molecule has 0 bridgehead atoms. The van der Waals surface area contributed by atoms with Crippen molar-refractivity contribution in [3.8, 4) is 0 Å². The molecule has 3 heterocycles. The minimum atomic E-state index is -0.445. The average Bonchev–Trinajstić information content (AvgIpc) is 2.88. The van der Waals surface area contributed by atoms with Crippen molar-refractivity contribution >= 4 is 23.6 Å². The second-order valence-electron chi connectivity index (χ2n) is 3.90. The summed E-state index contributed by atoms with van der Waals surface area (Å²) in [5, 5.41) is 15.7. The number of rotatable bonds is 3. The maximum absolute atomic E-state index is 11.7. The van der Waals surface area contributed by atoms with E-state index in [0.717, 1.165) is 5.75 Å². The molecule has 9 heteroatoms. The first kappa shape index (κ1) is 11.2. The van der Waals surface area contributed by atoms with Crippen molar-refractivity contribution in [1.29, 1.82) is 0 Å². The van der Waals surface area contributed by atoms with Crippen LogP contribution in [0.1, 0.15) is 5.82 Å². The highest BCUT2D eigenvalue weighted by Crippen LogP contribution is 2.33. The highest BCUT2D eigenvalue weighted by atomic mass is 32.2. The fraction of sp³-hybridized carbons (Fsp3) is 0.444. The molecule has 8 nitrogen and oxygen atoms in total. The molecule has 0 radical (unpaired) electrons. The number of hydrogen-bond acceptors (Lipinski definition) is 6. The smallest absolute Gasteiger partial charge is 0.253 e. The van der Waals surface area contributed by atoms with Gasteiger partial charge >= 0.3 is 0 Å². The van der Waals surface area contributed by atoms with E-state index in [9.17, 15) is 9.59 Å². The normalized spacial score (nSPS) is 25.6. The highest BCUT2D eigenvalue weighted by Gasteiger charge is 2.48. The van der Waals surface area contributed by atoms with Gasteiger partial charge in [0.15, 0.2) is 5.82 Å². The van der Waals surface area contributed by atoms with Crippen LogP contribution in [-0.2, 0) is 16.0 Å².